The van der Waals surface area contributed by atoms with Gasteiger partial charge in [-0.1, -0.05) is 0 Å². The van der Waals surface area contributed by atoms with Crippen LogP contribution in [0.2, 0.25) is 0 Å². The number of nitrogens with one attached hydrogen (secondary N) is 1. The van der Waals surface area contributed by atoms with E-state index in [-0.39, 0.29) is 5.91 Å². The highest BCUT2D eigenvalue weighted by atomic mass is 127. The van der Waals surface area contributed by atoms with Crippen molar-refractivity contribution < 1.29 is 19.0 Å². The predicted octanol–water partition coefficient (Wildman–Crippen LogP) is 3.63. The average Bonchev–Trinajstić information content (AvgIpc) is 2.92. The van der Waals surface area contributed by atoms with Crippen molar-refractivity contribution in [3.8, 4) is 17.2 Å². The van der Waals surface area contributed by atoms with Gasteiger partial charge in [0, 0.05) is 23.2 Å². The highest BCUT2D eigenvalue weighted by Gasteiger charge is 2.15. The van der Waals surface area contributed by atoms with Crippen molar-refractivity contribution in [2.75, 3.05) is 26.6 Å². The topological polar surface area (TPSA) is 56.8 Å². The molecule has 2 rings (SSSR count). The molecule has 21 heavy (non-hydrogen) atoms. The molecule has 1 aromatic carbocycles. The lowest BCUT2D eigenvalue weighted by molar-refractivity contribution is 0.102. The van der Waals surface area contributed by atoms with E-state index in [1.54, 1.807) is 12.1 Å². The number of benzene rings is 1. The van der Waals surface area contributed by atoms with Crippen LogP contribution in [0.3, 0.4) is 0 Å². The number of amides is 1. The zero-order valence-corrected chi connectivity index (χ0v) is 14.7. The number of methoxy groups -OCH3 is 3. The smallest absolute Gasteiger partial charge is 0.256 e. The Labute approximate surface area is 140 Å². The number of ether oxygens (including phenoxy) is 3. The summed E-state index contributed by atoms with van der Waals surface area (Å²) in [7, 11) is 4.60. The summed E-state index contributed by atoms with van der Waals surface area (Å²) in [4.78, 5) is 12.2. The van der Waals surface area contributed by atoms with Crippen LogP contribution in [0.1, 0.15) is 10.4 Å². The molecular formula is C14H14INO4S. The second-order valence-electron chi connectivity index (χ2n) is 4.01. The quantitative estimate of drug-likeness (QED) is 0.753. The average molecular weight is 419 g/mol. The Balaban J connectivity index is 2.29. The molecule has 0 spiro atoms. The SMILES string of the molecule is COc1cc(NC(=O)c2csc(I)c2)cc(OC)c1OC. The molecular weight excluding hydrogens is 405 g/mol. The van der Waals surface area contributed by atoms with Crippen molar-refractivity contribution in [3.05, 3.63) is 32.0 Å². The third-order valence-electron chi connectivity index (χ3n) is 2.75. The van der Waals surface area contributed by atoms with E-state index in [2.05, 4.69) is 27.9 Å². The summed E-state index contributed by atoms with van der Waals surface area (Å²) >= 11 is 3.70. The molecule has 1 N–H and O–H groups in total. The molecule has 0 fully saturated rings. The first-order valence-electron chi connectivity index (χ1n) is 5.94. The molecule has 0 aliphatic heterocycles. The van der Waals surface area contributed by atoms with Gasteiger partial charge in [-0.2, -0.15) is 0 Å². The molecule has 0 radical (unpaired) electrons. The lowest BCUT2D eigenvalue weighted by atomic mass is 10.2. The number of anilines is 1. The highest BCUT2D eigenvalue weighted by molar-refractivity contribution is 14.1. The first-order chi connectivity index (χ1) is 10.1. The standard InChI is InChI=1S/C14H14INO4S/c1-18-10-5-9(6-11(19-2)13(10)20-3)16-14(17)8-4-12(15)21-7-8/h4-7H,1-3H3,(H,16,17). The van der Waals surface area contributed by atoms with Crippen molar-refractivity contribution in [2.24, 2.45) is 0 Å². The van der Waals surface area contributed by atoms with Gasteiger partial charge in [-0.3, -0.25) is 4.79 Å². The third kappa shape index (κ3) is 3.59. The summed E-state index contributed by atoms with van der Waals surface area (Å²) in [5.41, 5.74) is 1.20. The number of hydrogen-bond donors (Lipinski definition) is 1. The lowest BCUT2D eigenvalue weighted by Gasteiger charge is -2.14. The van der Waals surface area contributed by atoms with Crippen LogP contribution in [-0.2, 0) is 0 Å². The number of rotatable bonds is 5. The monoisotopic (exact) mass is 419 g/mol. The molecule has 0 unspecified atom stereocenters. The summed E-state index contributed by atoms with van der Waals surface area (Å²) in [6, 6.07) is 5.21. The van der Waals surface area contributed by atoms with Crippen LogP contribution >= 0.6 is 33.9 Å². The van der Waals surface area contributed by atoms with Gasteiger partial charge in [0.2, 0.25) is 5.75 Å². The van der Waals surface area contributed by atoms with Gasteiger partial charge in [0.05, 0.1) is 29.8 Å². The molecule has 0 aliphatic rings. The zero-order chi connectivity index (χ0) is 15.4. The van der Waals surface area contributed by atoms with E-state index in [0.29, 0.717) is 28.5 Å². The Morgan fingerprint density at radius 3 is 2.14 bits per heavy atom. The van der Waals surface area contributed by atoms with Gasteiger partial charge in [-0.25, -0.2) is 0 Å². The van der Waals surface area contributed by atoms with Gasteiger partial charge in [-0.05, 0) is 28.7 Å². The Bertz CT molecular complexity index is 631. The molecule has 7 heteroatoms. The number of carbonyl (C=O) groups excluding carboxylic acids is 1. The number of hydrogen-bond acceptors (Lipinski definition) is 5. The highest BCUT2D eigenvalue weighted by Crippen LogP contribution is 2.40. The maximum absolute atomic E-state index is 12.2. The van der Waals surface area contributed by atoms with Gasteiger partial charge in [-0.15, -0.1) is 11.3 Å². The molecule has 5 nitrogen and oxygen atoms in total. The molecule has 0 bridgehead atoms. The van der Waals surface area contributed by atoms with Crippen LogP contribution in [0.15, 0.2) is 23.6 Å². The van der Waals surface area contributed by atoms with E-state index in [1.807, 2.05) is 11.4 Å². The minimum Gasteiger partial charge on any atom is -0.493 e. The van der Waals surface area contributed by atoms with Crippen molar-refractivity contribution in [3.63, 3.8) is 0 Å². The largest absolute Gasteiger partial charge is 0.493 e. The molecule has 1 amide bonds. The molecule has 1 heterocycles. The van der Waals surface area contributed by atoms with E-state index >= 15 is 0 Å². The molecule has 0 atom stereocenters. The Morgan fingerprint density at radius 2 is 1.71 bits per heavy atom. The van der Waals surface area contributed by atoms with Gasteiger partial charge < -0.3 is 19.5 Å². The maximum atomic E-state index is 12.2. The molecule has 112 valence electrons. The minimum atomic E-state index is -0.177. The fourth-order valence-corrected chi connectivity index (χ4v) is 3.11. The van der Waals surface area contributed by atoms with Crippen LogP contribution in [-0.4, -0.2) is 27.2 Å². The normalized spacial score (nSPS) is 10.1. The molecule has 0 saturated heterocycles. The first kappa shape index (κ1) is 15.9. The van der Waals surface area contributed by atoms with Crippen LogP contribution in [0, 0.1) is 2.88 Å². The van der Waals surface area contributed by atoms with Crippen molar-refractivity contribution in [2.45, 2.75) is 0 Å². The van der Waals surface area contributed by atoms with Gasteiger partial charge in [0.25, 0.3) is 5.91 Å². The number of carbonyl (C=O) groups is 1. The number of halogens is 1. The van der Waals surface area contributed by atoms with Gasteiger partial charge in [0.1, 0.15) is 0 Å². The predicted molar refractivity (Wildman–Crippen MR) is 91.1 cm³/mol. The van der Waals surface area contributed by atoms with E-state index in [1.165, 1.54) is 32.7 Å². The summed E-state index contributed by atoms with van der Waals surface area (Å²) in [6.07, 6.45) is 0. The van der Waals surface area contributed by atoms with Crippen molar-refractivity contribution in [1.82, 2.24) is 0 Å². The van der Waals surface area contributed by atoms with E-state index < -0.39 is 0 Å². The van der Waals surface area contributed by atoms with E-state index in [4.69, 9.17) is 14.2 Å². The van der Waals surface area contributed by atoms with E-state index in [9.17, 15) is 4.79 Å². The summed E-state index contributed by atoms with van der Waals surface area (Å²) < 4.78 is 16.8. The Morgan fingerprint density at radius 1 is 1.10 bits per heavy atom. The van der Waals surface area contributed by atoms with Gasteiger partial charge >= 0.3 is 0 Å². The van der Waals surface area contributed by atoms with Crippen molar-refractivity contribution in [1.29, 1.82) is 0 Å². The fraction of sp³-hybridized carbons (Fsp3) is 0.214. The fourth-order valence-electron chi connectivity index (χ4n) is 1.79. The van der Waals surface area contributed by atoms with Crippen LogP contribution in [0.25, 0.3) is 0 Å². The minimum absolute atomic E-state index is 0.177. The van der Waals surface area contributed by atoms with Crippen LogP contribution < -0.4 is 19.5 Å². The lowest BCUT2D eigenvalue weighted by Crippen LogP contribution is -2.11. The van der Waals surface area contributed by atoms with Crippen LogP contribution in [0.5, 0.6) is 17.2 Å². The zero-order valence-electron chi connectivity index (χ0n) is 11.7. The molecule has 0 aliphatic carbocycles. The van der Waals surface area contributed by atoms with E-state index in [0.717, 1.165) is 2.88 Å². The molecule has 0 saturated carbocycles. The number of thiophene rings is 1. The molecule has 2 aromatic rings. The first-order valence-corrected chi connectivity index (χ1v) is 7.90. The van der Waals surface area contributed by atoms with Crippen LogP contribution in [0.4, 0.5) is 5.69 Å². The summed E-state index contributed by atoms with van der Waals surface area (Å²) in [5.74, 6) is 1.30. The summed E-state index contributed by atoms with van der Waals surface area (Å²) in [6.45, 7) is 0. The van der Waals surface area contributed by atoms with Crippen molar-refractivity contribution >= 4 is 45.5 Å². The molecule has 1 aromatic heterocycles. The second-order valence-corrected chi connectivity index (χ2v) is 6.81. The Kier molecular flexibility index (Phi) is 5.29. The second kappa shape index (κ2) is 6.99. The summed E-state index contributed by atoms with van der Waals surface area (Å²) in [5, 5.41) is 4.64. The Hall–Kier alpha value is -1.48. The van der Waals surface area contributed by atoms with Gasteiger partial charge in [0.15, 0.2) is 11.5 Å². The maximum Gasteiger partial charge on any atom is 0.256 e. The third-order valence-corrected chi connectivity index (χ3v) is 4.54.